The number of amides is 1. The van der Waals surface area contributed by atoms with E-state index in [1.165, 1.54) is 0 Å². The molecule has 0 unspecified atom stereocenters. The van der Waals surface area contributed by atoms with E-state index in [9.17, 15) is 4.79 Å². The largest absolute Gasteiger partial charge is 0.444 e. The molecule has 0 atom stereocenters. The second kappa shape index (κ2) is 7.34. The summed E-state index contributed by atoms with van der Waals surface area (Å²) in [6.07, 6.45) is 7.99. The molecule has 0 aromatic carbocycles. The van der Waals surface area contributed by atoms with Gasteiger partial charge >= 0.3 is 6.09 Å². The van der Waals surface area contributed by atoms with Crippen molar-refractivity contribution in [2.45, 2.75) is 64.7 Å². The van der Waals surface area contributed by atoms with Crippen LogP contribution >= 0.6 is 0 Å². The predicted molar refractivity (Wildman–Crippen MR) is 88.2 cm³/mol. The molecule has 130 valence electrons. The third kappa shape index (κ3) is 5.86. The molecule has 1 saturated heterocycles. The van der Waals surface area contributed by atoms with Crippen molar-refractivity contribution in [2.75, 3.05) is 19.7 Å². The van der Waals surface area contributed by atoms with E-state index in [1.54, 1.807) is 11.1 Å². The minimum atomic E-state index is -0.443. The van der Waals surface area contributed by atoms with Gasteiger partial charge in [0.05, 0.1) is 11.9 Å². The summed E-state index contributed by atoms with van der Waals surface area (Å²) in [6.45, 7) is 10.8. The highest BCUT2D eigenvalue weighted by molar-refractivity contribution is 5.68. The first-order chi connectivity index (χ1) is 10.8. The highest BCUT2D eigenvalue weighted by atomic mass is 16.6. The summed E-state index contributed by atoms with van der Waals surface area (Å²) in [5.41, 5.74) is -0.588. The van der Waals surface area contributed by atoms with Crippen molar-refractivity contribution in [3.8, 4) is 0 Å². The number of hydrogen-bond donors (Lipinski definition) is 0. The van der Waals surface area contributed by atoms with Gasteiger partial charge in [0, 0.05) is 38.6 Å². The Morgan fingerprint density at radius 3 is 2.57 bits per heavy atom. The normalized spacial score (nSPS) is 18.0. The molecule has 1 aliphatic rings. The molecule has 6 nitrogen and oxygen atoms in total. The molecule has 1 aromatic heterocycles. The Balaban J connectivity index is 1.68. The molecule has 0 N–H and O–H groups in total. The number of carbonyl (C=O) groups excluding carboxylic acids is 1. The third-order valence-corrected chi connectivity index (χ3v) is 4.04. The quantitative estimate of drug-likeness (QED) is 0.781. The molecular weight excluding hydrogens is 294 g/mol. The second-order valence-electron chi connectivity index (χ2n) is 7.42. The van der Waals surface area contributed by atoms with Crippen LogP contribution in [0.4, 0.5) is 4.79 Å². The van der Waals surface area contributed by atoms with E-state index in [-0.39, 0.29) is 11.7 Å². The average Bonchev–Trinajstić information content (AvgIpc) is 2.96. The molecule has 1 amide bonds. The molecule has 0 saturated carbocycles. The number of carbonyl (C=O) groups is 1. The van der Waals surface area contributed by atoms with E-state index in [1.807, 2.05) is 33.3 Å². The predicted octanol–water partition coefficient (Wildman–Crippen LogP) is 3.08. The van der Waals surface area contributed by atoms with Crippen LogP contribution in [0.1, 0.15) is 47.0 Å². The minimum Gasteiger partial charge on any atom is -0.444 e. The van der Waals surface area contributed by atoms with Crippen molar-refractivity contribution >= 4 is 6.09 Å². The fourth-order valence-electron chi connectivity index (χ4n) is 2.62. The Bertz CT molecular complexity index is 486. The van der Waals surface area contributed by atoms with E-state index in [2.05, 4.69) is 16.5 Å². The number of rotatable bonds is 5. The summed E-state index contributed by atoms with van der Waals surface area (Å²) in [5, 5.41) is 0. The van der Waals surface area contributed by atoms with E-state index >= 15 is 0 Å². The zero-order chi connectivity index (χ0) is 16.9. The van der Waals surface area contributed by atoms with Crippen LogP contribution < -0.4 is 0 Å². The highest BCUT2D eigenvalue weighted by Crippen LogP contribution is 2.27. The highest BCUT2D eigenvalue weighted by Gasteiger charge is 2.34. The Morgan fingerprint density at radius 1 is 1.30 bits per heavy atom. The molecule has 0 bridgehead atoms. The van der Waals surface area contributed by atoms with Crippen molar-refractivity contribution in [1.29, 1.82) is 0 Å². The van der Waals surface area contributed by atoms with Crippen LogP contribution in [0.15, 0.2) is 18.7 Å². The Kier molecular flexibility index (Phi) is 5.68. The number of aromatic nitrogens is 2. The first-order valence-electron chi connectivity index (χ1n) is 8.35. The SMILES string of the molecule is CC(C)(C)OC(=O)N1CCC(C)(OCCCn2ccnc2)CC1. The summed E-state index contributed by atoms with van der Waals surface area (Å²) >= 11 is 0. The molecule has 6 heteroatoms. The van der Waals surface area contributed by atoms with Gasteiger partial charge in [0.25, 0.3) is 0 Å². The van der Waals surface area contributed by atoms with Gasteiger partial charge in [-0.05, 0) is 47.0 Å². The van der Waals surface area contributed by atoms with Crippen LogP contribution in [-0.2, 0) is 16.0 Å². The molecule has 23 heavy (non-hydrogen) atoms. The molecule has 2 heterocycles. The van der Waals surface area contributed by atoms with Crippen molar-refractivity contribution in [3.63, 3.8) is 0 Å². The summed E-state index contributed by atoms with van der Waals surface area (Å²) in [7, 11) is 0. The minimum absolute atomic E-state index is 0.145. The maximum atomic E-state index is 12.1. The smallest absolute Gasteiger partial charge is 0.410 e. The van der Waals surface area contributed by atoms with Gasteiger partial charge in [-0.25, -0.2) is 9.78 Å². The molecule has 1 aromatic rings. The number of hydrogen-bond acceptors (Lipinski definition) is 4. The number of nitrogens with zero attached hydrogens (tertiary/aromatic N) is 3. The van der Waals surface area contributed by atoms with Gasteiger partial charge in [0.1, 0.15) is 5.60 Å². The zero-order valence-corrected chi connectivity index (χ0v) is 14.7. The maximum Gasteiger partial charge on any atom is 0.410 e. The first-order valence-corrected chi connectivity index (χ1v) is 8.35. The van der Waals surface area contributed by atoms with Crippen LogP contribution in [-0.4, -0.2) is 51.4 Å². The van der Waals surface area contributed by atoms with E-state index in [4.69, 9.17) is 9.47 Å². The fraction of sp³-hybridized carbons (Fsp3) is 0.765. The topological polar surface area (TPSA) is 56.6 Å². The van der Waals surface area contributed by atoms with E-state index in [0.29, 0.717) is 13.1 Å². The molecule has 0 aliphatic carbocycles. The summed E-state index contributed by atoms with van der Waals surface area (Å²) < 4.78 is 13.6. The first kappa shape index (κ1) is 17.8. The van der Waals surface area contributed by atoms with Crippen molar-refractivity contribution in [3.05, 3.63) is 18.7 Å². The number of imidazole rings is 1. The summed E-state index contributed by atoms with van der Waals surface area (Å²) in [5.74, 6) is 0. The van der Waals surface area contributed by atoms with Gasteiger partial charge in [-0.15, -0.1) is 0 Å². The number of ether oxygens (including phenoxy) is 2. The van der Waals surface area contributed by atoms with Gasteiger partial charge in [-0.2, -0.15) is 0 Å². The second-order valence-corrected chi connectivity index (χ2v) is 7.42. The van der Waals surface area contributed by atoms with Crippen LogP contribution in [0.3, 0.4) is 0 Å². The Hall–Kier alpha value is -1.56. The number of piperidine rings is 1. The van der Waals surface area contributed by atoms with E-state index in [0.717, 1.165) is 32.4 Å². The van der Waals surface area contributed by atoms with Crippen LogP contribution in [0.5, 0.6) is 0 Å². The van der Waals surface area contributed by atoms with Crippen molar-refractivity contribution in [1.82, 2.24) is 14.5 Å². The summed E-state index contributed by atoms with van der Waals surface area (Å²) in [6, 6.07) is 0. The molecule has 0 radical (unpaired) electrons. The number of likely N-dealkylation sites (tertiary alicyclic amines) is 1. The monoisotopic (exact) mass is 323 g/mol. The zero-order valence-electron chi connectivity index (χ0n) is 14.7. The van der Waals surface area contributed by atoms with Crippen molar-refractivity contribution in [2.24, 2.45) is 0 Å². The number of aryl methyl sites for hydroxylation is 1. The van der Waals surface area contributed by atoms with Gasteiger partial charge in [0.15, 0.2) is 0 Å². The average molecular weight is 323 g/mol. The van der Waals surface area contributed by atoms with Gasteiger partial charge in [0.2, 0.25) is 0 Å². The molecule has 1 aliphatic heterocycles. The lowest BCUT2D eigenvalue weighted by Crippen LogP contribution is -2.48. The van der Waals surface area contributed by atoms with Gasteiger partial charge in [-0.1, -0.05) is 0 Å². The Labute approximate surface area is 138 Å². The molecule has 1 fully saturated rings. The fourth-order valence-corrected chi connectivity index (χ4v) is 2.62. The van der Waals surface area contributed by atoms with Crippen molar-refractivity contribution < 1.29 is 14.3 Å². The van der Waals surface area contributed by atoms with Gasteiger partial charge in [-0.3, -0.25) is 0 Å². The van der Waals surface area contributed by atoms with Crippen LogP contribution in [0.25, 0.3) is 0 Å². The standard InChI is InChI=1S/C17H29N3O3/c1-16(2,3)23-15(21)20-10-6-17(4,7-11-20)22-13-5-9-19-12-8-18-14-19/h8,12,14H,5-7,9-11,13H2,1-4H3. The third-order valence-electron chi connectivity index (χ3n) is 4.04. The molecular formula is C17H29N3O3. The van der Waals surface area contributed by atoms with Crippen LogP contribution in [0, 0.1) is 0 Å². The summed E-state index contributed by atoms with van der Waals surface area (Å²) in [4.78, 5) is 17.9. The van der Waals surface area contributed by atoms with Crippen LogP contribution in [0.2, 0.25) is 0 Å². The van der Waals surface area contributed by atoms with E-state index < -0.39 is 5.60 Å². The molecule has 2 rings (SSSR count). The van der Waals surface area contributed by atoms with Gasteiger partial charge < -0.3 is 18.9 Å². The molecule has 0 spiro atoms. The lowest BCUT2D eigenvalue weighted by molar-refractivity contribution is -0.0737. The lowest BCUT2D eigenvalue weighted by Gasteiger charge is -2.39. The maximum absolute atomic E-state index is 12.1. The lowest BCUT2D eigenvalue weighted by atomic mass is 9.93. The Morgan fingerprint density at radius 2 is 2.00 bits per heavy atom.